The molecule has 0 nitrogen and oxygen atoms in total. The molecule has 0 aromatic heterocycles. The fourth-order valence-corrected chi connectivity index (χ4v) is 0. The molecule has 82 valence electrons. The Labute approximate surface area is 114 Å². The van der Waals surface area contributed by atoms with Crippen LogP contribution in [0.5, 0.6) is 0 Å². The van der Waals surface area contributed by atoms with E-state index >= 15 is 0 Å². The molecule has 0 aromatic carbocycles. The third-order valence-corrected chi connectivity index (χ3v) is 2.00. The first-order valence-corrected chi connectivity index (χ1v) is 4.86. The topological polar surface area (TPSA) is 0 Å². The second-order valence-corrected chi connectivity index (χ2v) is 3.79. The van der Waals surface area contributed by atoms with Gasteiger partial charge in [0.1, 0.15) is 0 Å². The summed E-state index contributed by atoms with van der Waals surface area (Å²) in [6, 6.07) is 0. The van der Waals surface area contributed by atoms with E-state index in [1.807, 2.05) is 0 Å². The van der Waals surface area contributed by atoms with Gasteiger partial charge in [0, 0.05) is 0 Å². The molecule has 0 atom stereocenters. The van der Waals surface area contributed by atoms with E-state index < -0.39 is 0 Å². The number of hydrogen-bond donors (Lipinski definition) is 0. The van der Waals surface area contributed by atoms with E-state index in [0.29, 0.717) is 11.8 Å². The summed E-state index contributed by atoms with van der Waals surface area (Å²) in [7, 11) is 0. The molecule has 0 spiro atoms. The average Bonchev–Trinajstić information content (AvgIpc) is 1.89. The van der Waals surface area contributed by atoms with E-state index in [-0.39, 0.29) is 38.8 Å². The van der Waals surface area contributed by atoms with Gasteiger partial charge >= 0.3 is 23.9 Å². The van der Waals surface area contributed by atoms with Crippen molar-refractivity contribution in [1.82, 2.24) is 0 Å². The first-order valence-electron chi connectivity index (χ1n) is 3.70. The Bertz CT molecular complexity index is 48.9. The second-order valence-electron chi connectivity index (χ2n) is 3.12. The molecule has 0 heterocycles. The molecular weight excluding hydrogens is 303 g/mol. The van der Waals surface area contributed by atoms with Gasteiger partial charge in [-0.05, 0) is 0 Å². The molecule has 2 radical (unpaired) electrons. The first-order chi connectivity index (χ1) is 4.54. The van der Waals surface area contributed by atoms with Crippen LogP contribution in [0.2, 0.25) is 0 Å². The van der Waals surface area contributed by atoms with Crippen LogP contribution in [0.15, 0.2) is 0 Å². The maximum absolute atomic E-state index is 4.68. The maximum atomic E-state index is 4.68. The summed E-state index contributed by atoms with van der Waals surface area (Å²) in [5.41, 5.74) is 0. The molecule has 0 amide bonds. The molecule has 0 rings (SSSR count). The van der Waals surface area contributed by atoms with Gasteiger partial charge in [-0.3, -0.25) is 0 Å². The Hall–Kier alpha value is 1.50. The van der Waals surface area contributed by atoms with Crippen molar-refractivity contribution >= 4 is 49.2 Å². The summed E-state index contributed by atoms with van der Waals surface area (Å²) in [5, 5.41) is 0. The van der Waals surface area contributed by atoms with Crippen LogP contribution in [0.25, 0.3) is 0 Å². The van der Waals surface area contributed by atoms with Crippen LogP contribution in [0, 0.1) is 11.8 Å². The minimum absolute atomic E-state index is 0. The van der Waals surface area contributed by atoms with Crippen molar-refractivity contribution in [2.24, 2.45) is 11.8 Å². The smallest absolute Gasteiger partial charge is 0.792 e. The molecule has 0 N–H and O–H groups in total. The Kier molecular flexibility index (Phi) is 52.6. The first kappa shape index (κ1) is 29.3. The monoisotopic (exact) mass is 330 g/mol. The van der Waals surface area contributed by atoms with Crippen molar-refractivity contribution in [3.63, 3.8) is 0 Å². The van der Waals surface area contributed by atoms with Crippen molar-refractivity contribution < 1.29 is 0 Å². The van der Waals surface area contributed by atoms with Crippen LogP contribution >= 0.6 is 0 Å². The zero-order valence-corrected chi connectivity index (χ0v) is 12.4. The second kappa shape index (κ2) is 23.4. The molecule has 0 saturated carbocycles. The summed E-state index contributed by atoms with van der Waals surface area (Å²) < 4.78 is 0. The summed E-state index contributed by atoms with van der Waals surface area (Å²) in [4.78, 5) is 0. The quantitative estimate of drug-likeness (QED) is 0.563. The summed E-state index contributed by atoms with van der Waals surface area (Å²) in [5.74, 6) is 3.18. The Morgan fingerprint density at radius 2 is 0.846 bits per heavy atom. The van der Waals surface area contributed by atoms with Crippen molar-refractivity contribution in [1.29, 1.82) is 0 Å². The predicted octanol–water partition coefficient (Wildman–Crippen LogP) is 3.27. The van der Waals surface area contributed by atoms with Crippen LogP contribution in [0.1, 0.15) is 42.5 Å². The number of hydrogen-bond acceptors (Lipinski definition) is 2. The van der Waals surface area contributed by atoms with Crippen LogP contribution in [-0.2, 0) is 25.3 Å². The van der Waals surface area contributed by atoms with Gasteiger partial charge in [0.25, 0.3) is 0 Å². The molecule has 0 fully saturated rings. The van der Waals surface area contributed by atoms with E-state index in [4.69, 9.17) is 0 Å². The maximum Gasteiger partial charge on any atom is 2.00 e. The summed E-state index contributed by atoms with van der Waals surface area (Å²) >= 11 is 9.35. The van der Waals surface area contributed by atoms with Crippen molar-refractivity contribution in [3.8, 4) is 0 Å². The van der Waals surface area contributed by atoms with Gasteiger partial charge in [-0.15, -0.1) is 0 Å². The zero-order valence-electron chi connectivity index (χ0n) is 7.89. The van der Waals surface area contributed by atoms with Crippen molar-refractivity contribution in [3.05, 3.63) is 0 Å². The molecular formula is C10H26S2Sn. The van der Waals surface area contributed by atoms with Gasteiger partial charge in [-0.2, -0.15) is 11.5 Å². The normalized spacial score (nSPS) is 7.38. The SMILES string of the molecule is C.C.CC(C)C[S-].CC(C)C[S-].[Sn+2]. The largest absolute Gasteiger partial charge is 2.00 e. The van der Waals surface area contributed by atoms with Gasteiger partial charge in [0.2, 0.25) is 0 Å². The van der Waals surface area contributed by atoms with Crippen LogP contribution in [0.4, 0.5) is 0 Å². The van der Waals surface area contributed by atoms with E-state index in [2.05, 4.69) is 53.0 Å². The van der Waals surface area contributed by atoms with Gasteiger partial charge in [-0.1, -0.05) is 54.4 Å². The Balaban J connectivity index is -0.0000000267. The van der Waals surface area contributed by atoms with Crippen molar-refractivity contribution in [2.45, 2.75) is 42.5 Å². The zero-order chi connectivity index (χ0) is 8.57. The average molecular weight is 329 g/mol. The summed E-state index contributed by atoms with van der Waals surface area (Å²) in [6.07, 6.45) is 0. The third-order valence-electron chi connectivity index (χ3n) is 0.667. The molecule has 0 aliphatic rings. The van der Waals surface area contributed by atoms with E-state index in [0.717, 1.165) is 11.5 Å². The van der Waals surface area contributed by atoms with Crippen molar-refractivity contribution in [2.75, 3.05) is 11.5 Å². The van der Waals surface area contributed by atoms with E-state index in [1.165, 1.54) is 0 Å². The summed E-state index contributed by atoms with van der Waals surface area (Å²) in [6.45, 7) is 8.47. The van der Waals surface area contributed by atoms with Gasteiger partial charge in [0.15, 0.2) is 0 Å². The van der Waals surface area contributed by atoms with E-state index in [9.17, 15) is 0 Å². The Morgan fingerprint density at radius 3 is 0.846 bits per heavy atom. The molecule has 3 heteroatoms. The molecule has 0 saturated heterocycles. The van der Waals surface area contributed by atoms with Crippen LogP contribution in [0.3, 0.4) is 0 Å². The fourth-order valence-electron chi connectivity index (χ4n) is 0. The molecule has 13 heavy (non-hydrogen) atoms. The van der Waals surface area contributed by atoms with Crippen LogP contribution in [-0.4, -0.2) is 35.4 Å². The molecule has 0 bridgehead atoms. The Morgan fingerprint density at radius 1 is 0.769 bits per heavy atom. The molecule has 0 unspecified atom stereocenters. The number of rotatable bonds is 2. The predicted molar refractivity (Wildman–Crippen MR) is 73.4 cm³/mol. The third kappa shape index (κ3) is 59.0. The van der Waals surface area contributed by atoms with Crippen LogP contribution < -0.4 is 0 Å². The van der Waals surface area contributed by atoms with Gasteiger partial charge in [-0.25, -0.2) is 0 Å². The standard InChI is InChI=1S/2C4H10S.2CH4.Sn/c2*1-4(2)3-5;;;/h2*4-5H,3H2,1-2H3;2*1H4;/q;;;;+2/p-2. The molecule has 0 aliphatic carbocycles. The van der Waals surface area contributed by atoms with E-state index in [1.54, 1.807) is 0 Å². The van der Waals surface area contributed by atoms with Gasteiger partial charge in [0.05, 0.1) is 0 Å². The fraction of sp³-hybridized carbons (Fsp3) is 1.00. The molecule has 0 aliphatic heterocycles. The minimum atomic E-state index is 0. The molecule has 0 aromatic rings. The minimum Gasteiger partial charge on any atom is -0.792 e. The van der Waals surface area contributed by atoms with Gasteiger partial charge < -0.3 is 25.3 Å².